The standard InChI is InChI=1S/C20H24N2O2/c1-21-13-17-11-12-22(14-17)20(23)18-7-9-19(10-8-18)24-15-16-5-3-2-4-6-16/h2-10,17,21H,11-15H2,1H3. The predicted molar refractivity (Wildman–Crippen MR) is 95.2 cm³/mol. The Morgan fingerprint density at radius 1 is 1.17 bits per heavy atom. The molecule has 2 aromatic carbocycles. The molecule has 3 rings (SSSR count). The minimum absolute atomic E-state index is 0.114. The number of rotatable bonds is 6. The van der Waals surface area contributed by atoms with Crippen molar-refractivity contribution in [1.82, 2.24) is 10.2 Å². The first-order chi connectivity index (χ1) is 11.8. The Morgan fingerprint density at radius 3 is 2.62 bits per heavy atom. The van der Waals surface area contributed by atoms with Crippen LogP contribution in [0.25, 0.3) is 0 Å². The molecule has 0 radical (unpaired) electrons. The summed E-state index contributed by atoms with van der Waals surface area (Å²) in [6.45, 7) is 3.19. The zero-order valence-corrected chi connectivity index (χ0v) is 14.1. The topological polar surface area (TPSA) is 41.6 Å². The molecule has 1 fully saturated rings. The van der Waals surface area contributed by atoms with Gasteiger partial charge in [-0.3, -0.25) is 4.79 Å². The van der Waals surface area contributed by atoms with Crippen LogP contribution in [0.1, 0.15) is 22.3 Å². The predicted octanol–water partition coefficient (Wildman–Crippen LogP) is 2.95. The molecule has 0 spiro atoms. The van der Waals surface area contributed by atoms with E-state index in [1.807, 2.05) is 66.5 Å². The summed E-state index contributed by atoms with van der Waals surface area (Å²) in [7, 11) is 1.96. The zero-order valence-electron chi connectivity index (χ0n) is 14.1. The minimum atomic E-state index is 0.114. The maximum atomic E-state index is 12.6. The molecule has 0 aliphatic carbocycles. The Balaban J connectivity index is 1.55. The maximum absolute atomic E-state index is 12.6. The largest absolute Gasteiger partial charge is 0.489 e. The van der Waals surface area contributed by atoms with E-state index in [2.05, 4.69) is 5.32 Å². The summed E-state index contributed by atoms with van der Waals surface area (Å²) in [4.78, 5) is 14.5. The SMILES string of the molecule is CNCC1CCN(C(=O)c2ccc(OCc3ccccc3)cc2)C1. The van der Waals surface area contributed by atoms with E-state index in [1.54, 1.807) is 0 Å². The molecule has 1 heterocycles. The number of carbonyl (C=O) groups is 1. The summed E-state index contributed by atoms with van der Waals surface area (Å²) in [5, 5.41) is 3.19. The Kier molecular flexibility index (Phi) is 5.49. The van der Waals surface area contributed by atoms with Gasteiger partial charge in [-0.2, -0.15) is 0 Å². The lowest BCUT2D eigenvalue weighted by molar-refractivity contribution is 0.0787. The Labute approximate surface area is 143 Å². The molecule has 0 aromatic heterocycles. The maximum Gasteiger partial charge on any atom is 0.253 e. The van der Waals surface area contributed by atoms with E-state index in [1.165, 1.54) is 0 Å². The van der Waals surface area contributed by atoms with Crippen LogP contribution < -0.4 is 10.1 Å². The first-order valence-electron chi connectivity index (χ1n) is 8.47. The Hall–Kier alpha value is -2.33. The molecular weight excluding hydrogens is 300 g/mol. The van der Waals surface area contributed by atoms with E-state index in [9.17, 15) is 4.79 Å². The van der Waals surface area contributed by atoms with Gasteiger partial charge in [0.1, 0.15) is 12.4 Å². The quantitative estimate of drug-likeness (QED) is 0.888. The number of amides is 1. The second-order valence-electron chi connectivity index (χ2n) is 6.26. The molecule has 1 N–H and O–H groups in total. The summed E-state index contributed by atoms with van der Waals surface area (Å²) in [6.07, 6.45) is 1.07. The molecule has 4 nitrogen and oxygen atoms in total. The summed E-state index contributed by atoms with van der Waals surface area (Å²) in [6, 6.07) is 17.5. The van der Waals surface area contributed by atoms with Crippen LogP contribution in [0, 0.1) is 5.92 Å². The normalized spacial score (nSPS) is 17.0. The summed E-state index contributed by atoms with van der Waals surface area (Å²) in [5.41, 5.74) is 1.86. The number of likely N-dealkylation sites (tertiary alicyclic amines) is 1. The van der Waals surface area contributed by atoms with Crippen molar-refractivity contribution < 1.29 is 9.53 Å². The molecule has 24 heavy (non-hydrogen) atoms. The van der Waals surface area contributed by atoms with Crippen molar-refractivity contribution in [1.29, 1.82) is 0 Å². The highest BCUT2D eigenvalue weighted by Crippen LogP contribution is 2.20. The third-order valence-corrected chi connectivity index (χ3v) is 4.42. The molecule has 0 saturated carbocycles. The lowest BCUT2D eigenvalue weighted by Gasteiger charge is -2.17. The number of nitrogens with one attached hydrogen (secondary N) is 1. The van der Waals surface area contributed by atoms with E-state index < -0.39 is 0 Å². The van der Waals surface area contributed by atoms with Gasteiger partial charge in [0, 0.05) is 18.7 Å². The van der Waals surface area contributed by atoms with Crippen LogP contribution in [0.4, 0.5) is 0 Å². The highest BCUT2D eigenvalue weighted by molar-refractivity contribution is 5.94. The number of hydrogen-bond acceptors (Lipinski definition) is 3. The van der Waals surface area contributed by atoms with Gasteiger partial charge in [-0.05, 0) is 55.8 Å². The highest BCUT2D eigenvalue weighted by Gasteiger charge is 2.26. The van der Waals surface area contributed by atoms with Crippen LogP contribution in [-0.4, -0.2) is 37.5 Å². The molecule has 4 heteroatoms. The fourth-order valence-electron chi connectivity index (χ4n) is 3.09. The van der Waals surface area contributed by atoms with Crippen LogP contribution in [0.2, 0.25) is 0 Å². The van der Waals surface area contributed by atoms with Gasteiger partial charge in [-0.15, -0.1) is 0 Å². The first kappa shape index (κ1) is 16.5. The lowest BCUT2D eigenvalue weighted by atomic mass is 10.1. The fraction of sp³-hybridized carbons (Fsp3) is 0.350. The van der Waals surface area contributed by atoms with Gasteiger partial charge in [0.15, 0.2) is 0 Å². The van der Waals surface area contributed by atoms with E-state index in [4.69, 9.17) is 4.74 Å². The number of carbonyl (C=O) groups excluding carboxylic acids is 1. The van der Waals surface area contributed by atoms with Gasteiger partial charge in [-0.25, -0.2) is 0 Å². The molecule has 2 aromatic rings. The van der Waals surface area contributed by atoms with E-state index in [0.29, 0.717) is 12.5 Å². The van der Waals surface area contributed by atoms with E-state index in [0.717, 1.165) is 42.9 Å². The van der Waals surface area contributed by atoms with Gasteiger partial charge < -0.3 is 15.0 Å². The van der Waals surface area contributed by atoms with Crippen molar-refractivity contribution in [2.24, 2.45) is 5.92 Å². The van der Waals surface area contributed by atoms with E-state index in [-0.39, 0.29) is 5.91 Å². The summed E-state index contributed by atoms with van der Waals surface area (Å²) < 4.78 is 5.77. The summed E-state index contributed by atoms with van der Waals surface area (Å²) in [5.74, 6) is 1.46. The fourth-order valence-corrected chi connectivity index (χ4v) is 3.09. The molecule has 0 bridgehead atoms. The molecule has 126 valence electrons. The van der Waals surface area contributed by atoms with Gasteiger partial charge >= 0.3 is 0 Å². The van der Waals surface area contributed by atoms with Crippen LogP contribution in [0.3, 0.4) is 0 Å². The number of hydrogen-bond donors (Lipinski definition) is 1. The van der Waals surface area contributed by atoms with Crippen molar-refractivity contribution in [3.05, 3.63) is 65.7 Å². The van der Waals surface area contributed by atoms with Crippen LogP contribution in [-0.2, 0) is 6.61 Å². The third kappa shape index (κ3) is 4.15. The second-order valence-corrected chi connectivity index (χ2v) is 6.26. The monoisotopic (exact) mass is 324 g/mol. The van der Waals surface area contributed by atoms with E-state index >= 15 is 0 Å². The Bertz CT molecular complexity index is 655. The average Bonchev–Trinajstić information content (AvgIpc) is 3.10. The molecule has 1 atom stereocenters. The number of benzene rings is 2. The van der Waals surface area contributed by atoms with Gasteiger partial charge in [0.25, 0.3) is 5.91 Å². The highest BCUT2D eigenvalue weighted by atomic mass is 16.5. The minimum Gasteiger partial charge on any atom is -0.489 e. The van der Waals surface area contributed by atoms with Crippen LogP contribution in [0.5, 0.6) is 5.75 Å². The molecule has 1 unspecified atom stereocenters. The summed E-state index contributed by atoms with van der Waals surface area (Å²) >= 11 is 0. The van der Waals surface area contributed by atoms with Gasteiger partial charge in [-0.1, -0.05) is 30.3 Å². The third-order valence-electron chi connectivity index (χ3n) is 4.42. The number of ether oxygens (including phenoxy) is 1. The number of nitrogens with zero attached hydrogens (tertiary/aromatic N) is 1. The van der Waals surface area contributed by atoms with Crippen LogP contribution in [0.15, 0.2) is 54.6 Å². The molecule has 1 aliphatic heterocycles. The van der Waals surface area contributed by atoms with Crippen molar-refractivity contribution in [3.8, 4) is 5.75 Å². The van der Waals surface area contributed by atoms with Gasteiger partial charge in [0.2, 0.25) is 0 Å². The van der Waals surface area contributed by atoms with Crippen molar-refractivity contribution in [3.63, 3.8) is 0 Å². The van der Waals surface area contributed by atoms with Crippen molar-refractivity contribution in [2.45, 2.75) is 13.0 Å². The van der Waals surface area contributed by atoms with Crippen molar-refractivity contribution in [2.75, 3.05) is 26.7 Å². The first-order valence-corrected chi connectivity index (χ1v) is 8.47. The van der Waals surface area contributed by atoms with Crippen molar-refractivity contribution >= 4 is 5.91 Å². The molecule has 1 amide bonds. The lowest BCUT2D eigenvalue weighted by Crippen LogP contribution is -2.30. The van der Waals surface area contributed by atoms with Crippen LogP contribution >= 0.6 is 0 Å². The average molecular weight is 324 g/mol. The smallest absolute Gasteiger partial charge is 0.253 e. The second kappa shape index (κ2) is 7.97. The molecular formula is C20H24N2O2. The zero-order chi connectivity index (χ0) is 16.8. The molecule has 1 saturated heterocycles. The Morgan fingerprint density at radius 2 is 1.92 bits per heavy atom. The molecule has 1 aliphatic rings. The van der Waals surface area contributed by atoms with Gasteiger partial charge in [0.05, 0.1) is 0 Å².